The molecule has 9 nitrogen and oxygen atoms in total. The van der Waals surface area contributed by atoms with Gasteiger partial charge in [0.2, 0.25) is 5.95 Å². The third-order valence-electron chi connectivity index (χ3n) is 5.87. The van der Waals surface area contributed by atoms with E-state index in [1.165, 1.54) is 4.57 Å². The molecule has 1 atom stereocenters. The van der Waals surface area contributed by atoms with E-state index in [1.54, 1.807) is 25.4 Å². The van der Waals surface area contributed by atoms with Crippen LogP contribution in [0.2, 0.25) is 0 Å². The van der Waals surface area contributed by atoms with E-state index >= 15 is 0 Å². The summed E-state index contributed by atoms with van der Waals surface area (Å²) >= 11 is 0. The molecule has 1 fully saturated rings. The molecule has 0 bridgehead atoms. The van der Waals surface area contributed by atoms with Crippen molar-refractivity contribution in [2.45, 2.75) is 38.8 Å². The molecule has 4 rings (SSSR count). The van der Waals surface area contributed by atoms with Gasteiger partial charge >= 0.3 is 5.97 Å². The fourth-order valence-electron chi connectivity index (χ4n) is 4.18. The SMILES string of the molecule is CCC(=O)OC(CN1CCN(c2ncccn2)CC1)Cn1c(O)c2c(c1O)CC=CC2. The molecular weight excluding hydrogens is 398 g/mol. The number of hydrogen-bond donors (Lipinski definition) is 2. The number of allylic oxidation sites excluding steroid dienone is 2. The van der Waals surface area contributed by atoms with Crippen molar-refractivity contribution < 1.29 is 19.7 Å². The zero-order valence-electron chi connectivity index (χ0n) is 17.8. The van der Waals surface area contributed by atoms with Crippen molar-refractivity contribution in [3.05, 3.63) is 41.7 Å². The van der Waals surface area contributed by atoms with E-state index in [2.05, 4.69) is 19.8 Å². The predicted octanol–water partition coefficient (Wildman–Crippen LogP) is 1.49. The van der Waals surface area contributed by atoms with Gasteiger partial charge in [-0.1, -0.05) is 19.1 Å². The highest BCUT2D eigenvalue weighted by molar-refractivity contribution is 5.69. The molecule has 0 aromatic carbocycles. The van der Waals surface area contributed by atoms with Gasteiger partial charge in [0.1, 0.15) is 6.10 Å². The first-order chi connectivity index (χ1) is 15.1. The summed E-state index contributed by atoms with van der Waals surface area (Å²) in [5.41, 5.74) is 1.49. The molecule has 0 saturated carbocycles. The lowest BCUT2D eigenvalue weighted by atomic mass is 10.0. The smallest absolute Gasteiger partial charge is 0.305 e. The Labute approximate surface area is 181 Å². The second-order valence-corrected chi connectivity index (χ2v) is 7.90. The number of aromatic nitrogens is 3. The van der Waals surface area contributed by atoms with Gasteiger partial charge in [0.25, 0.3) is 0 Å². The molecule has 2 aromatic rings. The maximum Gasteiger partial charge on any atom is 0.305 e. The zero-order chi connectivity index (χ0) is 21.8. The van der Waals surface area contributed by atoms with Crippen molar-refractivity contribution in [2.75, 3.05) is 37.6 Å². The lowest BCUT2D eigenvalue weighted by molar-refractivity contribution is -0.150. The zero-order valence-corrected chi connectivity index (χ0v) is 17.8. The van der Waals surface area contributed by atoms with Gasteiger partial charge in [-0.3, -0.25) is 14.3 Å². The summed E-state index contributed by atoms with van der Waals surface area (Å²) in [5, 5.41) is 21.3. The van der Waals surface area contributed by atoms with Crippen LogP contribution in [0.3, 0.4) is 0 Å². The lowest BCUT2D eigenvalue weighted by Crippen LogP contribution is -2.50. The van der Waals surface area contributed by atoms with Crippen molar-refractivity contribution in [3.63, 3.8) is 0 Å². The summed E-state index contributed by atoms with van der Waals surface area (Å²) in [6.07, 6.45) is 8.41. The molecule has 1 saturated heterocycles. The highest BCUT2D eigenvalue weighted by Crippen LogP contribution is 2.37. The molecule has 0 amide bonds. The first-order valence-electron chi connectivity index (χ1n) is 10.8. The maximum atomic E-state index is 12.0. The van der Waals surface area contributed by atoms with Crippen LogP contribution in [0.1, 0.15) is 24.5 Å². The molecule has 1 aliphatic heterocycles. The number of ether oxygens (including phenoxy) is 1. The minimum absolute atomic E-state index is 0.0560. The Morgan fingerprint density at radius 1 is 1.03 bits per heavy atom. The molecule has 9 heteroatoms. The largest absolute Gasteiger partial charge is 0.494 e. The van der Waals surface area contributed by atoms with E-state index in [1.807, 2.05) is 12.2 Å². The molecule has 0 spiro atoms. The first-order valence-corrected chi connectivity index (χ1v) is 10.8. The summed E-state index contributed by atoms with van der Waals surface area (Å²) in [7, 11) is 0. The average molecular weight is 428 g/mol. The Morgan fingerprint density at radius 2 is 1.65 bits per heavy atom. The number of carbonyl (C=O) groups is 1. The highest BCUT2D eigenvalue weighted by atomic mass is 16.5. The van der Waals surface area contributed by atoms with Crippen LogP contribution in [0.15, 0.2) is 30.6 Å². The van der Waals surface area contributed by atoms with Gasteiger partial charge in [-0.25, -0.2) is 9.97 Å². The molecule has 3 heterocycles. The summed E-state index contributed by atoms with van der Waals surface area (Å²) in [4.78, 5) is 25.0. The van der Waals surface area contributed by atoms with Gasteiger partial charge in [-0.2, -0.15) is 0 Å². The monoisotopic (exact) mass is 427 g/mol. The van der Waals surface area contributed by atoms with Gasteiger partial charge in [0.15, 0.2) is 11.8 Å². The molecule has 2 aliphatic rings. The van der Waals surface area contributed by atoms with E-state index in [-0.39, 0.29) is 30.7 Å². The van der Waals surface area contributed by atoms with Crippen molar-refractivity contribution >= 4 is 11.9 Å². The molecule has 0 radical (unpaired) electrons. The number of esters is 1. The van der Waals surface area contributed by atoms with Crippen molar-refractivity contribution in [3.8, 4) is 11.8 Å². The molecule has 1 aliphatic carbocycles. The summed E-state index contributed by atoms with van der Waals surface area (Å²) < 4.78 is 7.15. The number of hydrogen-bond acceptors (Lipinski definition) is 8. The van der Waals surface area contributed by atoms with Crippen molar-refractivity contribution in [1.82, 2.24) is 19.4 Å². The second kappa shape index (κ2) is 9.38. The minimum atomic E-state index is -0.481. The number of piperazine rings is 1. The predicted molar refractivity (Wildman–Crippen MR) is 115 cm³/mol. The van der Waals surface area contributed by atoms with Gasteiger partial charge in [0, 0.05) is 62.7 Å². The van der Waals surface area contributed by atoms with E-state index in [4.69, 9.17) is 4.74 Å². The minimum Gasteiger partial charge on any atom is -0.494 e. The fourth-order valence-corrected chi connectivity index (χ4v) is 4.18. The number of nitrogens with zero attached hydrogens (tertiary/aromatic N) is 5. The Morgan fingerprint density at radius 3 is 2.23 bits per heavy atom. The Kier molecular flexibility index (Phi) is 6.41. The normalized spacial score (nSPS) is 17.4. The van der Waals surface area contributed by atoms with Gasteiger partial charge in [-0.05, 0) is 18.9 Å². The van der Waals surface area contributed by atoms with Crippen molar-refractivity contribution in [1.29, 1.82) is 0 Å². The van der Waals surface area contributed by atoms with Crippen LogP contribution >= 0.6 is 0 Å². The number of anilines is 1. The van der Waals surface area contributed by atoms with Crippen LogP contribution in [0.4, 0.5) is 5.95 Å². The van der Waals surface area contributed by atoms with Crippen LogP contribution in [-0.4, -0.2) is 74.4 Å². The number of aromatic hydroxyl groups is 2. The summed E-state index contributed by atoms with van der Waals surface area (Å²) in [6.45, 7) is 5.60. The molecule has 166 valence electrons. The Hall–Kier alpha value is -3.07. The first kappa shape index (κ1) is 21.2. The molecule has 2 aromatic heterocycles. The summed E-state index contributed by atoms with van der Waals surface area (Å²) in [6, 6.07) is 1.80. The van der Waals surface area contributed by atoms with E-state index in [9.17, 15) is 15.0 Å². The maximum absolute atomic E-state index is 12.0. The van der Waals surface area contributed by atoms with Gasteiger partial charge < -0.3 is 19.8 Å². The van der Waals surface area contributed by atoms with Crippen molar-refractivity contribution in [2.24, 2.45) is 0 Å². The Bertz CT molecular complexity index is 904. The average Bonchev–Trinajstić information content (AvgIpc) is 3.05. The van der Waals surface area contributed by atoms with Crippen LogP contribution in [0.5, 0.6) is 11.8 Å². The molecule has 31 heavy (non-hydrogen) atoms. The number of carbonyl (C=O) groups excluding carboxylic acids is 1. The van der Waals surface area contributed by atoms with E-state index < -0.39 is 6.10 Å². The molecular formula is C22H29N5O4. The number of fused-ring (bicyclic) bond motifs is 1. The lowest BCUT2D eigenvalue weighted by Gasteiger charge is -2.36. The van der Waals surface area contributed by atoms with Crippen LogP contribution in [-0.2, 0) is 28.9 Å². The van der Waals surface area contributed by atoms with E-state index in [0.29, 0.717) is 19.4 Å². The molecule has 1 unspecified atom stereocenters. The summed E-state index contributed by atoms with van der Waals surface area (Å²) in [5.74, 6) is 0.539. The van der Waals surface area contributed by atoms with Crippen LogP contribution < -0.4 is 4.90 Å². The molecule has 2 N–H and O–H groups in total. The second-order valence-electron chi connectivity index (χ2n) is 7.90. The topological polar surface area (TPSA) is 104 Å². The fraction of sp³-hybridized carbons (Fsp3) is 0.500. The Balaban J connectivity index is 1.43. The third-order valence-corrected chi connectivity index (χ3v) is 5.87. The van der Waals surface area contributed by atoms with E-state index in [0.717, 1.165) is 43.3 Å². The third kappa shape index (κ3) is 4.66. The van der Waals surface area contributed by atoms with Crippen LogP contribution in [0, 0.1) is 0 Å². The van der Waals surface area contributed by atoms with Gasteiger partial charge in [0.05, 0.1) is 6.54 Å². The quantitative estimate of drug-likeness (QED) is 0.506. The van der Waals surface area contributed by atoms with Gasteiger partial charge in [-0.15, -0.1) is 0 Å². The standard InChI is InChI=1S/C22H29N5O4/c1-2-19(28)31-16(15-27-20(29)17-6-3-4-7-18(17)21(27)30)14-25-10-12-26(13-11-25)22-23-8-5-9-24-22/h3-5,8-9,16,29-30H,2,6-7,10-15H2,1H3. The number of rotatable bonds is 7. The highest BCUT2D eigenvalue weighted by Gasteiger charge is 2.28. The van der Waals surface area contributed by atoms with Crippen LogP contribution in [0.25, 0.3) is 0 Å².